The summed E-state index contributed by atoms with van der Waals surface area (Å²) in [7, 11) is 0. The summed E-state index contributed by atoms with van der Waals surface area (Å²) >= 11 is 0. The maximum Gasteiger partial charge on any atom is 0.259 e. The average molecular weight is 521 g/mol. The van der Waals surface area contributed by atoms with Gasteiger partial charge >= 0.3 is 0 Å². The molecule has 4 nitrogen and oxygen atoms in total. The number of hydrogen-bond acceptors (Lipinski definition) is 2. The number of aryl methyl sites for hydroxylation is 2. The normalized spacial score (nSPS) is 11.8. The predicted molar refractivity (Wildman–Crippen MR) is 158 cm³/mol. The van der Waals surface area contributed by atoms with Gasteiger partial charge < -0.3 is 9.90 Å². The smallest absolute Gasteiger partial charge is 0.259 e. The molecule has 0 aromatic carbocycles. The van der Waals surface area contributed by atoms with E-state index in [0.717, 1.165) is 19.4 Å². The van der Waals surface area contributed by atoms with Crippen molar-refractivity contribution in [2.24, 2.45) is 0 Å². The van der Waals surface area contributed by atoms with Crippen molar-refractivity contribution in [3.8, 4) is 0 Å². The number of carboxylic acids is 1. The summed E-state index contributed by atoms with van der Waals surface area (Å²) in [5, 5.41) is 8.89. The Hall–Kier alpha value is -1.32. The number of aromatic nitrogens is 2. The van der Waals surface area contributed by atoms with Crippen LogP contribution in [0.5, 0.6) is 0 Å². The van der Waals surface area contributed by atoms with Crippen molar-refractivity contribution in [1.29, 1.82) is 0 Å². The van der Waals surface area contributed by atoms with E-state index in [0.29, 0.717) is 0 Å². The molecule has 0 saturated carbocycles. The van der Waals surface area contributed by atoms with Gasteiger partial charge in [-0.3, -0.25) is 0 Å². The Balaban J connectivity index is 0.00000300. The number of nitrogens with zero attached hydrogens (tertiary/aromatic N) is 2. The maximum absolute atomic E-state index is 8.89. The van der Waals surface area contributed by atoms with Crippen LogP contribution in [0.3, 0.4) is 0 Å². The summed E-state index contributed by atoms with van der Waals surface area (Å²) in [4.78, 5) is 8.89. The first kappa shape index (κ1) is 35.7. The lowest BCUT2D eigenvalue weighted by atomic mass is 9.97. The zero-order valence-corrected chi connectivity index (χ0v) is 25.7. The minimum absolute atomic E-state index is 0.729. The van der Waals surface area contributed by atoms with Crippen LogP contribution < -0.4 is 9.67 Å². The molecule has 218 valence electrons. The number of aliphatic carboxylic acids is 1. The molecule has 1 rings (SSSR count). The van der Waals surface area contributed by atoms with E-state index < -0.39 is 5.97 Å². The van der Waals surface area contributed by atoms with Crippen LogP contribution in [0.15, 0.2) is 12.4 Å². The highest BCUT2D eigenvalue weighted by molar-refractivity contribution is 5.60. The van der Waals surface area contributed by atoms with Crippen LogP contribution in [-0.4, -0.2) is 10.5 Å². The maximum atomic E-state index is 8.89. The first-order valence-electron chi connectivity index (χ1n) is 16.3. The first-order valence-corrected chi connectivity index (χ1v) is 16.3. The molecular formula is C33H64N2O2. The Morgan fingerprint density at radius 1 is 0.730 bits per heavy atom. The third-order valence-corrected chi connectivity index (χ3v) is 7.62. The van der Waals surface area contributed by atoms with E-state index in [4.69, 9.17) is 9.90 Å². The van der Waals surface area contributed by atoms with Crippen LogP contribution in [0.2, 0.25) is 0 Å². The number of carbonyl (C=O) groups is 1. The summed E-state index contributed by atoms with van der Waals surface area (Å²) in [5.74, 6) is 1.24. The van der Waals surface area contributed by atoms with Gasteiger partial charge in [0.05, 0.1) is 19.0 Å². The lowest BCUT2D eigenvalue weighted by Crippen LogP contribution is -2.38. The highest BCUT2D eigenvalue weighted by atomic mass is 16.4. The van der Waals surface area contributed by atoms with Gasteiger partial charge in [0.2, 0.25) is 0 Å². The zero-order valence-electron chi connectivity index (χ0n) is 25.7. The average Bonchev–Trinajstić information content (AvgIpc) is 3.28. The van der Waals surface area contributed by atoms with Gasteiger partial charge in [-0.1, -0.05) is 130 Å². The molecule has 1 unspecified atom stereocenters. The fourth-order valence-corrected chi connectivity index (χ4v) is 5.39. The van der Waals surface area contributed by atoms with Gasteiger partial charge in [-0.05, 0) is 39.5 Å². The SMILES string of the molecule is CC(=O)[O-].CCCCCCCCCCCCCCCCCC[n+]1ccn(CC)c1C(CC)CCCCC. The predicted octanol–water partition coefficient (Wildman–Crippen LogP) is 8.89. The van der Waals surface area contributed by atoms with E-state index in [1.165, 1.54) is 141 Å². The molecule has 0 N–H and O–H groups in total. The van der Waals surface area contributed by atoms with Crippen LogP contribution in [-0.2, 0) is 17.9 Å². The van der Waals surface area contributed by atoms with Gasteiger partial charge in [-0.25, -0.2) is 9.13 Å². The van der Waals surface area contributed by atoms with Crippen molar-refractivity contribution in [2.45, 2.75) is 188 Å². The fraction of sp³-hybridized carbons (Fsp3) is 0.879. The van der Waals surface area contributed by atoms with Gasteiger partial charge in [-0.15, -0.1) is 0 Å². The molecule has 37 heavy (non-hydrogen) atoms. The third-order valence-electron chi connectivity index (χ3n) is 7.62. The molecule has 0 spiro atoms. The standard InChI is InChI=1S/C31H61N2.C2H4O2/c1-5-9-11-12-13-14-15-16-17-18-19-20-21-22-23-25-27-33-29-28-32(8-4)31(33)30(7-3)26-24-10-6-2;1-2(3)4/h28-30H,5-27H2,1-4H3;1H3,(H,3,4)/q+1;/p-1. The molecule has 0 aliphatic heterocycles. The van der Waals surface area contributed by atoms with Gasteiger partial charge in [0, 0.05) is 5.97 Å². The van der Waals surface area contributed by atoms with Crippen LogP contribution in [0.25, 0.3) is 0 Å². The number of rotatable bonds is 24. The Morgan fingerprint density at radius 2 is 1.14 bits per heavy atom. The summed E-state index contributed by atoms with van der Waals surface area (Å²) in [6.45, 7) is 12.6. The molecule has 0 saturated heterocycles. The van der Waals surface area contributed by atoms with E-state index in [1.807, 2.05) is 0 Å². The summed E-state index contributed by atoms with van der Waals surface area (Å²) < 4.78 is 5.10. The highest BCUT2D eigenvalue weighted by Crippen LogP contribution is 2.24. The number of carboxylic acid groups (broad SMARTS) is 1. The Kier molecular flexibility index (Phi) is 25.4. The van der Waals surface area contributed by atoms with Gasteiger partial charge in [0.15, 0.2) is 0 Å². The van der Waals surface area contributed by atoms with Crippen molar-refractivity contribution < 1.29 is 14.5 Å². The Labute approximate surface area is 231 Å². The van der Waals surface area contributed by atoms with E-state index in [2.05, 4.69) is 49.2 Å². The second kappa shape index (κ2) is 26.3. The molecule has 1 atom stereocenters. The van der Waals surface area contributed by atoms with Gasteiger partial charge in [-0.2, -0.15) is 0 Å². The van der Waals surface area contributed by atoms with E-state index in [9.17, 15) is 0 Å². The van der Waals surface area contributed by atoms with Crippen LogP contribution in [0.1, 0.15) is 181 Å². The van der Waals surface area contributed by atoms with E-state index in [1.54, 1.807) is 5.82 Å². The van der Waals surface area contributed by atoms with E-state index in [-0.39, 0.29) is 0 Å². The molecule has 0 fully saturated rings. The largest absolute Gasteiger partial charge is 0.550 e. The second-order valence-electron chi connectivity index (χ2n) is 11.0. The Morgan fingerprint density at radius 3 is 1.54 bits per heavy atom. The number of carbonyl (C=O) groups excluding carboxylic acids is 1. The quantitative estimate of drug-likeness (QED) is 0.101. The molecule has 0 amide bonds. The lowest BCUT2D eigenvalue weighted by Gasteiger charge is -2.14. The van der Waals surface area contributed by atoms with Crippen molar-refractivity contribution >= 4 is 5.97 Å². The minimum atomic E-state index is -1.08. The van der Waals surface area contributed by atoms with Crippen molar-refractivity contribution in [2.75, 3.05) is 0 Å². The minimum Gasteiger partial charge on any atom is -0.550 e. The number of hydrogen-bond donors (Lipinski definition) is 0. The molecule has 1 aromatic rings. The molecule has 0 aliphatic rings. The van der Waals surface area contributed by atoms with E-state index >= 15 is 0 Å². The van der Waals surface area contributed by atoms with Crippen LogP contribution in [0, 0.1) is 0 Å². The summed E-state index contributed by atoms with van der Waals surface area (Å²) in [6, 6.07) is 0. The van der Waals surface area contributed by atoms with Crippen molar-refractivity contribution in [3.63, 3.8) is 0 Å². The third kappa shape index (κ3) is 20.3. The monoisotopic (exact) mass is 520 g/mol. The molecule has 1 aromatic heterocycles. The topological polar surface area (TPSA) is 48.9 Å². The molecule has 0 radical (unpaired) electrons. The van der Waals surface area contributed by atoms with Crippen LogP contribution in [0.4, 0.5) is 0 Å². The van der Waals surface area contributed by atoms with Gasteiger partial charge in [0.25, 0.3) is 5.82 Å². The summed E-state index contributed by atoms with van der Waals surface area (Å²) in [5.41, 5.74) is 0. The fourth-order valence-electron chi connectivity index (χ4n) is 5.39. The first-order chi connectivity index (χ1) is 18.0. The molecule has 4 heteroatoms. The van der Waals surface area contributed by atoms with Crippen LogP contribution >= 0.6 is 0 Å². The van der Waals surface area contributed by atoms with Crippen molar-refractivity contribution in [3.05, 3.63) is 18.2 Å². The second-order valence-corrected chi connectivity index (χ2v) is 11.0. The van der Waals surface area contributed by atoms with Gasteiger partial charge in [0.1, 0.15) is 12.4 Å². The zero-order chi connectivity index (χ0) is 27.6. The van der Waals surface area contributed by atoms with Crippen molar-refractivity contribution in [1.82, 2.24) is 4.57 Å². The number of imidazole rings is 1. The summed E-state index contributed by atoms with van der Waals surface area (Å²) in [6.07, 6.45) is 34.5. The lowest BCUT2D eigenvalue weighted by molar-refractivity contribution is -0.705. The molecule has 0 bridgehead atoms. The molecule has 1 heterocycles. The highest BCUT2D eigenvalue weighted by Gasteiger charge is 2.24. The molecular weight excluding hydrogens is 456 g/mol. The molecule has 0 aliphatic carbocycles. The number of unbranched alkanes of at least 4 members (excludes halogenated alkanes) is 17. The Bertz CT molecular complexity index is 622.